The van der Waals surface area contributed by atoms with Crippen LogP contribution in [0.25, 0.3) is 11.1 Å². The Labute approximate surface area is 101 Å². The predicted molar refractivity (Wildman–Crippen MR) is 67.7 cm³/mol. The van der Waals surface area contributed by atoms with Gasteiger partial charge in [0.15, 0.2) is 0 Å². The maximum absolute atomic E-state index is 11.2. The summed E-state index contributed by atoms with van der Waals surface area (Å²) in [5, 5.41) is 0. The van der Waals surface area contributed by atoms with Crippen molar-refractivity contribution in [3.05, 3.63) is 54.4 Å². The Hall–Kier alpha value is -2.16. The molecule has 3 nitrogen and oxygen atoms in total. The average Bonchev–Trinajstić information content (AvgIpc) is 2.39. The molecule has 0 saturated heterocycles. The van der Waals surface area contributed by atoms with Crippen LogP contribution in [0.1, 0.15) is 17.8 Å². The monoisotopic (exact) mass is 229 g/mol. The number of esters is 1. The fraction of sp³-hybridized carbons (Fsp3) is 0.143. The largest absolute Gasteiger partial charge is 0.465 e. The number of carbonyl (C=O) groups excluding carboxylic acids is 1. The summed E-state index contributed by atoms with van der Waals surface area (Å²) < 4.78 is 4.63. The number of carbonyl (C=O) groups is 1. The second kappa shape index (κ2) is 5.80. The topological polar surface area (TPSA) is 39.2 Å². The van der Waals surface area contributed by atoms with Gasteiger partial charge in [0.1, 0.15) is 0 Å². The molecule has 0 radical (unpaired) electrons. The van der Waals surface area contributed by atoms with Crippen LogP contribution in [0.5, 0.6) is 0 Å². The van der Waals surface area contributed by atoms with Crippen LogP contribution in [0.3, 0.4) is 0 Å². The van der Waals surface area contributed by atoms with Gasteiger partial charge in [0.2, 0.25) is 0 Å². The van der Waals surface area contributed by atoms with Crippen molar-refractivity contribution in [2.24, 2.45) is 0 Å². The molecule has 17 heavy (non-hydrogen) atoms. The lowest BCUT2D eigenvalue weighted by molar-refractivity contribution is 0.0601. The molecule has 0 bridgehead atoms. The Morgan fingerprint density at radius 3 is 2.06 bits per heavy atom. The minimum absolute atomic E-state index is 0. The molecule has 2 rings (SSSR count). The molecule has 2 aromatic rings. The van der Waals surface area contributed by atoms with Gasteiger partial charge in [-0.2, -0.15) is 0 Å². The molecule has 1 aromatic carbocycles. The number of benzene rings is 1. The second-order valence-electron chi connectivity index (χ2n) is 3.30. The Balaban J connectivity index is 0.00000144. The van der Waals surface area contributed by atoms with E-state index in [9.17, 15) is 4.79 Å². The van der Waals surface area contributed by atoms with Crippen molar-refractivity contribution in [1.82, 2.24) is 4.98 Å². The number of nitrogens with zero attached hydrogens (tertiary/aromatic N) is 1. The summed E-state index contributed by atoms with van der Waals surface area (Å²) in [6.07, 6.45) is 3.48. The minimum Gasteiger partial charge on any atom is -0.465 e. The van der Waals surface area contributed by atoms with E-state index in [0.717, 1.165) is 11.1 Å². The van der Waals surface area contributed by atoms with Crippen molar-refractivity contribution >= 4 is 5.97 Å². The molecule has 0 atom stereocenters. The quantitative estimate of drug-likeness (QED) is 0.742. The van der Waals surface area contributed by atoms with Gasteiger partial charge in [0.05, 0.1) is 12.7 Å². The van der Waals surface area contributed by atoms with Crippen molar-refractivity contribution in [1.29, 1.82) is 0 Å². The number of methoxy groups -OCH3 is 1. The molecule has 1 heterocycles. The SMILES string of the molecule is C.COC(=O)c1ccc(-c2ccncc2)cc1. The summed E-state index contributed by atoms with van der Waals surface area (Å²) in [7, 11) is 1.37. The van der Waals surface area contributed by atoms with Crippen LogP contribution in [-0.4, -0.2) is 18.1 Å². The van der Waals surface area contributed by atoms with E-state index in [2.05, 4.69) is 9.72 Å². The molecule has 0 aliphatic carbocycles. The first-order valence-corrected chi connectivity index (χ1v) is 4.90. The Kier molecular flexibility index (Phi) is 4.40. The van der Waals surface area contributed by atoms with E-state index in [1.165, 1.54) is 7.11 Å². The zero-order chi connectivity index (χ0) is 11.4. The zero-order valence-corrected chi connectivity index (χ0v) is 8.88. The third-order valence-corrected chi connectivity index (χ3v) is 2.32. The molecule has 0 aliphatic heterocycles. The van der Waals surface area contributed by atoms with E-state index < -0.39 is 0 Å². The molecule has 0 fully saturated rings. The molecular formula is C14H15NO2. The summed E-state index contributed by atoms with van der Waals surface area (Å²) in [6, 6.07) is 11.1. The van der Waals surface area contributed by atoms with Crippen molar-refractivity contribution in [2.75, 3.05) is 7.11 Å². The molecule has 0 spiro atoms. The van der Waals surface area contributed by atoms with E-state index in [-0.39, 0.29) is 13.4 Å². The molecule has 0 amide bonds. The lowest BCUT2D eigenvalue weighted by Gasteiger charge is -2.02. The Morgan fingerprint density at radius 1 is 1.00 bits per heavy atom. The van der Waals surface area contributed by atoms with Crippen LogP contribution in [0.15, 0.2) is 48.8 Å². The van der Waals surface area contributed by atoms with Gasteiger partial charge >= 0.3 is 5.97 Å². The Morgan fingerprint density at radius 2 is 1.53 bits per heavy atom. The highest BCUT2D eigenvalue weighted by atomic mass is 16.5. The van der Waals surface area contributed by atoms with Gasteiger partial charge in [-0.3, -0.25) is 4.98 Å². The highest BCUT2D eigenvalue weighted by Crippen LogP contribution is 2.18. The van der Waals surface area contributed by atoms with Gasteiger partial charge < -0.3 is 4.74 Å². The molecule has 0 saturated carbocycles. The lowest BCUT2D eigenvalue weighted by Crippen LogP contribution is -2.00. The van der Waals surface area contributed by atoms with Gasteiger partial charge in [-0.15, -0.1) is 0 Å². The van der Waals surface area contributed by atoms with E-state index in [4.69, 9.17) is 0 Å². The van der Waals surface area contributed by atoms with Crippen LogP contribution in [0, 0.1) is 0 Å². The molecule has 3 heteroatoms. The normalized spacial score (nSPS) is 9.24. The summed E-state index contributed by atoms with van der Waals surface area (Å²) in [4.78, 5) is 15.2. The molecule has 88 valence electrons. The third kappa shape index (κ3) is 2.91. The average molecular weight is 229 g/mol. The van der Waals surface area contributed by atoms with Crippen molar-refractivity contribution in [3.8, 4) is 11.1 Å². The van der Waals surface area contributed by atoms with Gasteiger partial charge in [0.25, 0.3) is 0 Å². The second-order valence-corrected chi connectivity index (χ2v) is 3.30. The fourth-order valence-electron chi connectivity index (χ4n) is 1.46. The molecular weight excluding hydrogens is 214 g/mol. The molecule has 1 aromatic heterocycles. The summed E-state index contributed by atoms with van der Waals surface area (Å²) in [5.41, 5.74) is 2.68. The minimum atomic E-state index is -0.318. The first-order valence-electron chi connectivity index (χ1n) is 4.90. The number of pyridine rings is 1. The van der Waals surface area contributed by atoms with E-state index in [1.807, 2.05) is 24.3 Å². The van der Waals surface area contributed by atoms with Crippen LogP contribution in [0.2, 0.25) is 0 Å². The van der Waals surface area contributed by atoms with E-state index >= 15 is 0 Å². The Bertz CT molecular complexity index is 477. The maximum Gasteiger partial charge on any atom is 0.337 e. The van der Waals surface area contributed by atoms with Crippen molar-refractivity contribution < 1.29 is 9.53 Å². The van der Waals surface area contributed by atoms with E-state index in [1.54, 1.807) is 24.5 Å². The predicted octanol–water partition coefficient (Wildman–Crippen LogP) is 3.17. The highest BCUT2D eigenvalue weighted by Gasteiger charge is 2.04. The smallest absolute Gasteiger partial charge is 0.337 e. The summed E-state index contributed by atoms with van der Waals surface area (Å²) in [5.74, 6) is -0.318. The van der Waals surface area contributed by atoms with Gasteiger partial charge in [-0.1, -0.05) is 19.6 Å². The number of ether oxygens (including phenoxy) is 1. The van der Waals surface area contributed by atoms with Gasteiger partial charge in [0, 0.05) is 12.4 Å². The molecule has 0 N–H and O–H groups in total. The van der Waals surface area contributed by atoms with Crippen LogP contribution < -0.4 is 0 Å². The molecule has 0 aliphatic rings. The first-order chi connectivity index (χ1) is 7.81. The highest BCUT2D eigenvalue weighted by molar-refractivity contribution is 5.89. The fourth-order valence-corrected chi connectivity index (χ4v) is 1.46. The number of aromatic nitrogens is 1. The summed E-state index contributed by atoms with van der Waals surface area (Å²) >= 11 is 0. The first kappa shape index (κ1) is 12.9. The number of hydrogen-bond acceptors (Lipinski definition) is 3. The van der Waals surface area contributed by atoms with Crippen molar-refractivity contribution in [2.45, 2.75) is 7.43 Å². The number of rotatable bonds is 2. The third-order valence-electron chi connectivity index (χ3n) is 2.32. The van der Waals surface area contributed by atoms with Crippen molar-refractivity contribution in [3.63, 3.8) is 0 Å². The standard InChI is InChI=1S/C13H11NO2.CH4/c1-16-13(15)12-4-2-10(3-5-12)11-6-8-14-9-7-11;/h2-9H,1H3;1H4. The summed E-state index contributed by atoms with van der Waals surface area (Å²) in [6.45, 7) is 0. The van der Waals surface area contributed by atoms with Gasteiger partial charge in [-0.25, -0.2) is 4.79 Å². The van der Waals surface area contributed by atoms with E-state index in [0.29, 0.717) is 5.56 Å². The van der Waals surface area contributed by atoms with Crippen LogP contribution in [0.4, 0.5) is 0 Å². The maximum atomic E-state index is 11.2. The zero-order valence-electron chi connectivity index (χ0n) is 8.88. The number of hydrogen-bond donors (Lipinski definition) is 0. The lowest BCUT2D eigenvalue weighted by atomic mass is 10.1. The van der Waals surface area contributed by atoms with Crippen LogP contribution in [-0.2, 0) is 4.74 Å². The van der Waals surface area contributed by atoms with Gasteiger partial charge in [-0.05, 0) is 35.4 Å². The van der Waals surface area contributed by atoms with Crippen LogP contribution >= 0.6 is 0 Å². The molecule has 0 unspecified atom stereocenters.